The Kier molecular flexibility index (Phi) is 5.27. The first-order chi connectivity index (χ1) is 12.6. The first-order valence-electron chi connectivity index (χ1n) is 8.35. The second-order valence-electron chi connectivity index (χ2n) is 6.01. The van der Waals surface area contributed by atoms with Gasteiger partial charge in [-0.3, -0.25) is 4.79 Å². The van der Waals surface area contributed by atoms with Gasteiger partial charge in [0.05, 0.1) is 20.4 Å². The van der Waals surface area contributed by atoms with E-state index in [0.29, 0.717) is 18.1 Å². The Balaban J connectivity index is 2.02. The molecular weight excluding hydrogens is 328 g/mol. The molecule has 0 aliphatic carbocycles. The van der Waals surface area contributed by atoms with Crippen molar-refractivity contribution in [1.82, 2.24) is 4.57 Å². The Hall–Kier alpha value is -3.21. The number of benzene rings is 2. The summed E-state index contributed by atoms with van der Waals surface area (Å²) in [5.74, 6) is 1.76. The number of nitrogens with one attached hydrogen (secondary N) is 1. The fourth-order valence-corrected chi connectivity index (χ4v) is 2.73. The van der Waals surface area contributed by atoms with Crippen molar-refractivity contribution < 1.29 is 9.47 Å². The Labute approximate surface area is 152 Å². The molecule has 5 nitrogen and oxygen atoms in total. The van der Waals surface area contributed by atoms with Gasteiger partial charge in [0.15, 0.2) is 5.75 Å². The first-order valence-corrected chi connectivity index (χ1v) is 8.35. The predicted molar refractivity (Wildman–Crippen MR) is 104 cm³/mol. The van der Waals surface area contributed by atoms with Gasteiger partial charge in [-0.1, -0.05) is 36.4 Å². The number of anilines is 2. The van der Waals surface area contributed by atoms with E-state index in [1.165, 1.54) is 7.11 Å². The molecule has 0 radical (unpaired) electrons. The Bertz CT molecular complexity index is 949. The van der Waals surface area contributed by atoms with E-state index < -0.39 is 0 Å². The summed E-state index contributed by atoms with van der Waals surface area (Å²) in [4.78, 5) is 12.3. The molecule has 1 heterocycles. The molecule has 0 amide bonds. The number of rotatable bonds is 6. The van der Waals surface area contributed by atoms with E-state index in [0.717, 1.165) is 22.6 Å². The van der Waals surface area contributed by atoms with Crippen LogP contribution in [0.15, 0.2) is 65.6 Å². The number of ether oxygens (including phenoxy) is 2. The van der Waals surface area contributed by atoms with Crippen LogP contribution in [0.4, 0.5) is 11.5 Å². The molecule has 0 saturated heterocycles. The first kappa shape index (κ1) is 17.6. The van der Waals surface area contributed by atoms with Crippen LogP contribution in [0.5, 0.6) is 11.5 Å². The van der Waals surface area contributed by atoms with Crippen molar-refractivity contribution in [2.45, 2.75) is 13.5 Å². The van der Waals surface area contributed by atoms with Gasteiger partial charge >= 0.3 is 0 Å². The van der Waals surface area contributed by atoms with E-state index in [9.17, 15) is 4.79 Å². The highest BCUT2D eigenvalue weighted by atomic mass is 16.5. The van der Waals surface area contributed by atoms with E-state index in [1.54, 1.807) is 19.4 Å². The van der Waals surface area contributed by atoms with Crippen LogP contribution in [0.2, 0.25) is 0 Å². The average molecular weight is 350 g/mol. The SMILES string of the molecule is COc1ccc(C)c(Nc2cc(=O)c(OC)cn2Cc2ccccc2)c1. The molecule has 0 aliphatic rings. The van der Waals surface area contributed by atoms with Crippen molar-refractivity contribution in [3.8, 4) is 11.5 Å². The molecule has 0 aliphatic heterocycles. The van der Waals surface area contributed by atoms with Crippen LogP contribution in [0.3, 0.4) is 0 Å². The molecule has 0 spiro atoms. The molecule has 1 N–H and O–H groups in total. The highest BCUT2D eigenvalue weighted by molar-refractivity contribution is 5.63. The van der Waals surface area contributed by atoms with Crippen molar-refractivity contribution in [2.24, 2.45) is 0 Å². The lowest BCUT2D eigenvalue weighted by Gasteiger charge is -2.18. The zero-order valence-corrected chi connectivity index (χ0v) is 15.2. The summed E-state index contributed by atoms with van der Waals surface area (Å²) < 4.78 is 12.5. The number of pyridine rings is 1. The van der Waals surface area contributed by atoms with Gasteiger partial charge in [-0.2, -0.15) is 0 Å². The van der Waals surface area contributed by atoms with Gasteiger partial charge in [0.1, 0.15) is 11.6 Å². The van der Waals surface area contributed by atoms with Gasteiger partial charge < -0.3 is 19.4 Å². The topological polar surface area (TPSA) is 52.5 Å². The number of aryl methyl sites for hydroxylation is 1. The van der Waals surface area contributed by atoms with Crippen LogP contribution in [-0.4, -0.2) is 18.8 Å². The molecular formula is C21H22N2O3. The highest BCUT2D eigenvalue weighted by Crippen LogP contribution is 2.26. The van der Waals surface area contributed by atoms with Crippen LogP contribution < -0.4 is 20.2 Å². The third kappa shape index (κ3) is 3.88. The van der Waals surface area contributed by atoms with Crippen LogP contribution >= 0.6 is 0 Å². The normalized spacial score (nSPS) is 10.4. The lowest BCUT2D eigenvalue weighted by atomic mass is 10.2. The lowest BCUT2D eigenvalue weighted by Crippen LogP contribution is -2.14. The molecule has 26 heavy (non-hydrogen) atoms. The number of aromatic nitrogens is 1. The van der Waals surface area contributed by atoms with Crippen molar-refractivity contribution in [3.63, 3.8) is 0 Å². The predicted octanol–water partition coefficient (Wildman–Crippen LogP) is 3.97. The Morgan fingerprint density at radius 3 is 2.46 bits per heavy atom. The summed E-state index contributed by atoms with van der Waals surface area (Å²) in [6.07, 6.45) is 1.73. The molecule has 3 rings (SSSR count). The van der Waals surface area contributed by atoms with Crippen LogP contribution in [-0.2, 0) is 6.54 Å². The summed E-state index contributed by atoms with van der Waals surface area (Å²) in [6.45, 7) is 2.62. The van der Waals surface area contributed by atoms with Crippen molar-refractivity contribution in [2.75, 3.05) is 19.5 Å². The minimum atomic E-state index is -0.167. The monoisotopic (exact) mass is 350 g/mol. The van der Waals surface area contributed by atoms with E-state index >= 15 is 0 Å². The van der Waals surface area contributed by atoms with Crippen LogP contribution in [0.1, 0.15) is 11.1 Å². The quantitative estimate of drug-likeness (QED) is 0.731. The summed E-state index contributed by atoms with van der Waals surface area (Å²) in [6, 6.07) is 17.4. The van der Waals surface area contributed by atoms with E-state index in [-0.39, 0.29) is 5.43 Å². The Morgan fingerprint density at radius 2 is 1.77 bits per heavy atom. The van der Waals surface area contributed by atoms with Crippen molar-refractivity contribution in [1.29, 1.82) is 0 Å². The maximum absolute atomic E-state index is 12.3. The fourth-order valence-electron chi connectivity index (χ4n) is 2.73. The summed E-state index contributed by atoms with van der Waals surface area (Å²) >= 11 is 0. The molecule has 0 unspecified atom stereocenters. The van der Waals surface area contributed by atoms with Gasteiger partial charge in [0.2, 0.25) is 5.43 Å². The lowest BCUT2D eigenvalue weighted by molar-refractivity contribution is 0.406. The van der Waals surface area contributed by atoms with Gasteiger partial charge in [0, 0.05) is 24.4 Å². The molecule has 0 bridgehead atoms. The molecule has 1 aromatic heterocycles. The third-order valence-corrected chi connectivity index (χ3v) is 4.22. The van der Waals surface area contributed by atoms with E-state index in [2.05, 4.69) is 5.32 Å². The standard InChI is InChI=1S/C21H22N2O3/c1-15-9-10-17(25-2)11-18(15)22-21-12-19(24)20(26-3)14-23(21)13-16-7-5-4-6-8-16/h4-12,14,22H,13H2,1-3H3. The van der Waals surface area contributed by atoms with Crippen molar-refractivity contribution in [3.05, 3.63) is 82.1 Å². The van der Waals surface area contributed by atoms with E-state index in [4.69, 9.17) is 9.47 Å². The van der Waals surface area contributed by atoms with Crippen LogP contribution in [0.25, 0.3) is 0 Å². The largest absolute Gasteiger partial charge is 0.497 e. The summed E-state index contributed by atoms with van der Waals surface area (Å²) in [7, 11) is 3.13. The zero-order chi connectivity index (χ0) is 18.5. The second kappa shape index (κ2) is 7.78. The molecule has 0 saturated carbocycles. The minimum Gasteiger partial charge on any atom is -0.497 e. The maximum atomic E-state index is 12.3. The fraction of sp³-hybridized carbons (Fsp3) is 0.190. The second-order valence-corrected chi connectivity index (χ2v) is 6.01. The molecule has 0 atom stereocenters. The molecule has 3 aromatic rings. The smallest absolute Gasteiger partial charge is 0.225 e. The van der Waals surface area contributed by atoms with Crippen molar-refractivity contribution >= 4 is 11.5 Å². The average Bonchev–Trinajstić information content (AvgIpc) is 2.66. The minimum absolute atomic E-state index is 0.167. The Morgan fingerprint density at radius 1 is 1.00 bits per heavy atom. The molecule has 0 fully saturated rings. The number of methoxy groups -OCH3 is 2. The highest BCUT2D eigenvalue weighted by Gasteiger charge is 2.10. The van der Waals surface area contributed by atoms with Gasteiger partial charge in [-0.15, -0.1) is 0 Å². The molecule has 5 heteroatoms. The van der Waals surface area contributed by atoms with Gasteiger partial charge in [-0.25, -0.2) is 0 Å². The van der Waals surface area contributed by atoms with Crippen LogP contribution in [0, 0.1) is 6.92 Å². The maximum Gasteiger partial charge on any atom is 0.225 e. The molecule has 2 aromatic carbocycles. The number of hydrogen-bond acceptors (Lipinski definition) is 4. The summed E-state index contributed by atoms with van der Waals surface area (Å²) in [5, 5.41) is 3.36. The van der Waals surface area contributed by atoms with Gasteiger partial charge in [0.25, 0.3) is 0 Å². The zero-order valence-electron chi connectivity index (χ0n) is 15.2. The van der Waals surface area contributed by atoms with Gasteiger partial charge in [-0.05, 0) is 24.1 Å². The summed E-state index contributed by atoms with van der Waals surface area (Å²) in [5.41, 5.74) is 2.90. The number of nitrogens with zero attached hydrogens (tertiary/aromatic N) is 1. The van der Waals surface area contributed by atoms with E-state index in [1.807, 2.05) is 60.0 Å². The number of hydrogen-bond donors (Lipinski definition) is 1. The molecule has 134 valence electrons. The third-order valence-electron chi connectivity index (χ3n) is 4.22.